The Morgan fingerprint density at radius 2 is 1.83 bits per heavy atom. The van der Waals surface area contributed by atoms with Crippen molar-refractivity contribution in [3.63, 3.8) is 0 Å². The molecule has 0 aliphatic rings. The quantitative estimate of drug-likeness (QED) is 0.797. The highest BCUT2D eigenvalue weighted by Gasteiger charge is 2.10. The third-order valence-corrected chi connectivity index (χ3v) is 3.32. The maximum Gasteiger partial charge on any atom is 0.0578 e. The molecule has 2 nitrogen and oxygen atoms in total. The maximum atomic E-state index is 6.17. The summed E-state index contributed by atoms with van der Waals surface area (Å²) in [5.74, 6) is 0. The van der Waals surface area contributed by atoms with E-state index in [0.717, 1.165) is 16.9 Å². The van der Waals surface area contributed by atoms with E-state index in [4.69, 9.17) is 28.9 Å². The molecular formula is C14H14Cl2N2. The molecule has 2 aromatic rings. The summed E-state index contributed by atoms with van der Waals surface area (Å²) in [5.41, 5.74) is 8.50. The van der Waals surface area contributed by atoms with Gasteiger partial charge in [-0.1, -0.05) is 41.4 Å². The Labute approximate surface area is 117 Å². The zero-order chi connectivity index (χ0) is 13.1. The number of nitrogens with one attached hydrogen (secondary N) is 1. The summed E-state index contributed by atoms with van der Waals surface area (Å²) in [6, 6.07) is 13.2. The number of nitrogen functional groups attached to an aromatic ring is 1. The molecule has 0 amide bonds. The van der Waals surface area contributed by atoms with Gasteiger partial charge < -0.3 is 11.1 Å². The second-order valence-corrected chi connectivity index (χ2v) is 4.96. The van der Waals surface area contributed by atoms with E-state index in [2.05, 4.69) is 5.32 Å². The van der Waals surface area contributed by atoms with Crippen molar-refractivity contribution < 1.29 is 0 Å². The van der Waals surface area contributed by atoms with Crippen LogP contribution in [0.15, 0.2) is 42.5 Å². The van der Waals surface area contributed by atoms with Crippen molar-refractivity contribution in [3.8, 4) is 0 Å². The number of anilines is 2. The molecule has 0 bridgehead atoms. The van der Waals surface area contributed by atoms with Gasteiger partial charge in [-0.15, -0.1) is 0 Å². The molecule has 0 spiro atoms. The van der Waals surface area contributed by atoms with E-state index in [-0.39, 0.29) is 6.04 Å². The van der Waals surface area contributed by atoms with Gasteiger partial charge in [0.1, 0.15) is 0 Å². The van der Waals surface area contributed by atoms with Crippen molar-refractivity contribution in [1.82, 2.24) is 0 Å². The highest BCUT2D eigenvalue weighted by atomic mass is 35.5. The molecule has 0 fully saturated rings. The fourth-order valence-corrected chi connectivity index (χ4v) is 2.36. The molecule has 0 heterocycles. The molecule has 0 aromatic heterocycles. The molecule has 94 valence electrons. The average Bonchev–Trinajstić information content (AvgIpc) is 2.32. The van der Waals surface area contributed by atoms with Crippen LogP contribution in [0.5, 0.6) is 0 Å². The van der Waals surface area contributed by atoms with Crippen LogP contribution in [0.2, 0.25) is 10.0 Å². The molecule has 4 heteroatoms. The minimum atomic E-state index is 0.0551. The molecule has 18 heavy (non-hydrogen) atoms. The first-order valence-electron chi connectivity index (χ1n) is 5.64. The van der Waals surface area contributed by atoms with Crippen LogP contribution in [0.4, 0.5) is 11.4 Å². The number of para-hydroxylation sites is 2. The van der Waals surface area contributed by atoms with Gasteiger partial charge in [-0.3, -0.25) is 0 Å². The van der Waals surface area contributed by atoms with Crippen LogP contribution in [0.1, 0.15) is 18.5 Å². The second kappa shape index (κ2) is 5.51. The summed E-state index contributed by atoms with van der Waals surface area (Å²) in [4.78, 5) is 0. The van der Waals surface area contributed by atoms with Crippen LogP contribution in [-0.2, 0) is 0 Å². The number of benzene rings is 2. The lowest BCUT2D eigenvalue weighted by atomic mass is 10.1. The Hall–Kier alpha value is -1.38. The number of halogens is 2. The number of hydrogen-bond acceptors (Lipinski definition) is 2. The molecule has 2 aromatic carbocycles. The zero-order valence-electron chi connectivity index (χ0n) is 9.95. The number of hydrogen-bond donors (Lipinski definition) is 2. The van der Waals surface area contributed by atoms with Gasteiger partial charge in [0.2, 0.25) is 0 Å². The van der Waals surface area contributed by atoms with Crippen LogP contribution in [-0.4, -0.2) is 0 Å². The Balaban J connectivity index is 2.22. The molecule has 1 unspecified atom stereocenters. The molecule has 0 saturated heterocycles. The maximum absolute atomic E-state index is 6.17. The molecule has 0 saturated carbocycles. The molecule has 1 atom stereocenters. The predicted molar refractivity (Wildman–Crippen MR) is 79.4 cm³/mol. The topological polar surface area (TPSA) is 38.0 Å². The first kappa shape index (κ1) is 13.1. The fourth-order valence-electron chi connectivity index (χ4n) is 1.79. The largest absolute Gasteiger partial charge is 0.397 e. The van der Waals surface area contributed by atoms with E-state index in [0.29, 0.717) is 10.0 Å². The third kappa shape index (κ3) is 2.89. The minimum Gasteiger partial charge on any atom is -0.397 e. The minimum absolute atomic E-state index is 0.0551. The van der Waals surface area contributed by atoms with Crippen molar-refractivity contribution in [2.24, 2.45) is 0 Å². The monoisotopic (exact) mass is 280 g/mol. The van der Waals surface area contributed by atoms with Gasteiger partial charge in [0.25, 0.3) is 0 Å². The zero-order valence-corrected chi connectivity index (χ0v) is 11.5. The SMILES string of the molecule is CC(Nc1ccccc1N)c1ccc(Cl)cc1Cl. The highest BCUT2D eigenvalue weighted by Crippen LogP contribution is 2.29. The van der Waals surface area contributed by atoms with Crippen LogP contribution >= 0.6 is 23.2 Å². The summed E-state index contributed by atoms with van der Waals surface area (Å²) < 4.78 is 0. The molecular weight excluding hydrogens is 267 g/mol. The molecule has 0 aliphatic carbocycles. The summed E-state index contributed by atoms with van der Waals surface area (Å²) in [6.07, 6.45) is 0. The average molecular weight is 281 g/mol. The Kier molecular flexibility index (Phi) is 4.00. The highest BCUT2D eigenvalue weighted by molar-refractivity contribution is 6.35. The van der Waals surface area contributed by atoms with Crippen molar-refractivity contribution in [1.29, 1.82) is 0 Å². The van der Waals surface area contributed by atoms with Crippen LogP contribution in [0.25, 0.3) is 0 Å². The lowest BCUT2D eigenvalue weighted by Gasteiger charge is -2.18. The molecule has 0 aliphatic heterocycles. The number of rotatable bonds is 3. The summed E-state index contributed by atoms with van der Waals surface area (Å²) in [6.45, 7) is 2.03. The first-order valence-corrected chi connectivity index (χ1v) is 6.39. The lowest BCUT2D eigenvalue weighted by molar-refractivity contribution is 0.886. The molecule has 3 N–H and O–H groups in total. The Bertz CT molecular complexity index is 555. The van der Waals surface area contributed by atoms with Crippen LogP contribution < -0.4 is 11.1 Å². The summed E-state index contributed by atoms with van der Waals surface area (Å²) in [7, 11) is 0. The van der Waals surface area contributed by atoms with Crippen molar-refractivity contribution >= 4 is 34.6 Å². The second-order valence-electron chi connectivity index (χ2n) is 4.12. The van der Waals surface area contributed by atoms with Gasteiger partial charge in [-0.2, -0.15) is 0 Å². The van der Waals surface area contributed by atoms with E-state index in [1.807, 2.05) is 43.3 Å². The van der Waals surface area contributed by atoms with E-state index >= 15 is 0 Å². The standard InChI is InChI=1S/C14H14Cl2N2/c1-9(11-7-6-10(15)8-12(11)16)18-14-5-3-2-4-13(14)17/h2-9,18H,17H2,1H3. The van der Waals surface area contributed by atoms with Gasteiger partial charge in [0.15, 0.2) is 0 Å². The van der Waals surface area contributed by atoms with Crippen molar-refractivity contribution in [2.45, 2.75) is 13.0 Å². The van der Waals surface area contributed by atoms with Crippen LogP contribution in [0, 0.1) is 0 Å². The fraction of sp³-hybridized carbons (Fsp3) is 0.143. The summed E-state index contributed by atoms with van der Waals surface area (Å²) in [5, 5.41) is 4.62. The summed E-state index contributed by atoms with van der Waals surface area (Å²) >= 11 is 12.1. The normalized spacial score (nSPS) is 12.2. The Morgan fingerprint density at radius 3 is 2.50 bits per heavy atom. The smallest absolute Gasteiger partial charge is 0.0578 e. The van der Waals surface area contributed by atoms with E-state index < -0.39 is 0 Å². The molecule has 0 radical (unpaired) electrons. The first-order chi connectivity index (χ1) is 8.58. The van der Waals surface area contributed by atoms with Gasteiger partial charge in [0, 0.05) is 10.0 Å². The van der Waals surface area contributed by atoms with E-state index in [1.54, 1.807) is 6.07 Å². The van der Waals surface area contributed by atoms with Gasteiger partial charge in [-0.25, -0.2) is 0 Å². The van der Waals surface area contributed by atoms with Gasteiger partial charge in [-0.05, 0) is 36.8 Å². The van der Waals surface area contributed by atoms with Crippen molar-refractivity contribution in [2.75, 3.05) is 11.1 Å². The van der Waals surface area contributed by atoms with Crippen molar-refractivity contribution in [3.05, 3.63) is 58.1 Å². The lowest BCUT2D eigenvalue weighted by Crippen LogP contribution is -2.08. The van der Waals surface area contributed by atoms with Gasteiger partial charge >= 0.3 is 0 Å². The van der Waals surface area contributed by atoms with E-state index in [9.17, 15) is 0 Å². The number of nitrogens with two attached hydrogens (primary N) is 1. The Morgan fingerprint density at radius 1 is 1.11 bits per heavy atom. The van der Waals surface area contributed by atoms with E-state index in [1.165, 1.54) is 0 Å². The third-order valence-electron chi connectivity index (χ3n) is 2.76. The predicted octanol–water partition coefficient (Wildman–Crippen LogP) is 4.75. The van der Waals surface area contributed by atoms with Crippen LogP contribution in [0.3, 0.4) is 0 Å². The van der Waals surface area contributed by atoms with Gasteiger partial charge in [0.05, 0.1) is 17.4 Å². The molecule has 2 rings (SSSR count).